The Labute approximate surface area is 175 Å². The number of ether oxygens (including phenoxy) is 2. The number of fused-ring (bicyclic) bond motifs is 1. The van der Waals surface area contributed by atoms with E-state index in [1.807, 2.05) is 0 Å². The van der Waals surface area contributed by atoms with E-state index in [-0.39, 0.29) is 18.1 Å². The minimum atomic E-state index is -0.566. The smallest absolute Gasteiger partial charge is 0.344 e. The van der Waals surface area contributed by atoms with Crippen LogP contribution in [-0.2, 0) is 16.0 Å². The lowest BCUT2D eigenvalue weighted by molar-refractivity contribution is -0.143. The lowest BCUT2D eigenvalue weighted by Gasteiger charge is -2.13. The fraction of sp³-hybridized carbons (Fsp3) is 0.227. The summed E-state index contributed by atoms with van der Waals surface area (Å²) >= 11 is 3.33. The minimum Gasteiger partial charge on any atom is -0.466 e. The first-order valence-corrected chi connectivity index (χ1v) is 9.88. The Morgan fingerprint density at radius 3 is 2.62 bits per heavy atom. The van der Waals surface area contributed by atoms with E-state index in [9.17, 15) is 14.4 Å². The molecule has 0 atom stereocenters. The van der Waals surface area contributed by atoms with Crippen LogP contribution in [0.4, 0.5) is 0 Å². The van der Waals surface area contributed by atoms with Crippen molar-refractivity contribution in [2.75, 3.05) is 6.61 Å². The van der Waals surface area contributed by atoms with E-state index in [4.69, 9.17) is 13.9 Å². The molecule has 3 aromatic rings. The second kappa shape index (κ2) is 9.05. The Kier molecular flexibility index (Phi) is 6.49. The summed E-state index contributed by atoms with van der Waals surface area (Å²) in [7, 11) is 0. The van der Waals surface area contributed by atoms with Crippen molar-refractivity contribution in [2.24, 2.45) is 0 Å². The van der Waals surface area contributed by atoms with Crippen LogP contribution in [0.15, 0.2) is 56.1 Å². The van der Waals surface area contributed by atoms with Gasteiger partial charge in [-0.05, 0) is 65.5 Å². The Bertz CT molecular complexity index is 1130. The maximum Gasteiger partial charge on any atom is 0.344 e. The number of carbonyl (C=O) groups is 2. The monoisotopic (exact) mass is 458 g/mol. The van der Waals surface area contributed by atoms with Crippen molar-refractivity contribution in [3.05, 3.63) is 74.0 Å². The average molecular weight is 459 g/mol. The lowest BCUT2D eigenvalue weighted by atomic mass is 10.0. The first-order valence-electron chi connectivity index (χ1n) is 9.08. The van der Waals surface area contributed by atoms with Gasteiger partial charge in [0.2, 0.25) is 0 Å². The van der Waals surface area contributed by atoms with Gasteiger partial charge in [-0.25, -0.2) is 9.59 Å². The first-order chi connectivity index (χ1) is 13.9. The van der Waals surface area contributed by atoms with Crippen molar-refractivity contribution in [1.82, 2.24) is 0 Å². The molecule has 29 heavy (non-hydrogen) atoms. The van der Waals surface area contributed by atoms with Crippen molar-refractivity contribution in [3.63, 3.8) is 0 Å². The van der Waals surface area contributed by atoms with E-state index in [0.717, 1.165) is 5.56 Å². The molecule has 0 radical (unpaired) electrons. The third kappa shape index (κ3) is 4.92. The number of esters is 2. The summed E-state index contributed by atoms with van der Waals surface area (Å²) in [6.07, 6.45) is 0.445. The van der Waals surface area contributed by atoms with Crippen molar-refractivity contribution in [2.45, 2.75) is 26.7 Å². The largest absolute Gasteiger partial charge is 0.466 e. The second-order valence-electron chi connectivity index (χ2n) is 6.38. The minimum absolute atomic E-state index is 0.134. The average Bonchev–Trinajstić information content (AvgIpc) is 2.67. The highest BCUT2D eigenvalue weighted by molar-refractivity contribution is 9.10. The summed E-state index contributed by atoms with van der Waals surface area (Å²) in [6.45, 7) is 3.83. The molecule has 0 saturated carbocycles. The molecule has 0 N–H and O–H groups in total. The van der Waals surface area contributed by atoms with Crippen LogP contribution in [0.1, 0.15) is 34.8 Å². The molecule has 0 amide bonds. The molecule has 1 aromatic heterocycles. The lowest BCUT2D eigenvalue weighted by Crippen LogP contribution is -2.12. The molecule has 2 aromatic carbocycles. The molecule has 0 aliphatic carbocycles. The summed E-state index contributed by atoms with van der Waals surface area (Å²) in [5.74, 6) is -0.674. The van der Waals surface area contributed by atoms with Crippen LogP contribution in [0.5, 0.6) is 5.75 Å². The van der Waals surface area contributed by atoms with Crippen LogP contribution in [0.25, 0.3) is 11.0 Å². The van der Waals surface area contributed by atoms with Crippen LogP contribution < -0.4 is 10.4 Å². The van der Waals surface area contributed by atoms with Crippen molar-refractivity contribution >= 4 is 38.8 Å². The Morgan fingerprint density at radius 1 is 1.14 bits per heavy atom. The van der Waals surface area contributed by atoms with E-state index < -0.39 is 11.6 Å². The van der Waals surface area contributed by atoms with Crippen LogP contribution in [0, 0.1) is 6.92 Å². The summed E-state index contributed by atoms with van der Waals surface area (Å²) < 4.78 is 16.5. The van der Waals surface area contributed by atoms with Gasteiger partial charge in [0.05, 0.1) is 12.2 Å². The Hall–Kier alpha value is -2.93. The SMILES string of the molecule is CCOC(=O)CCc1cc2c(C)cc(=O)oc2cc1OC(=O)c1ccccc1Br. The number of aryl methyl sites for hydroxylation is 2. The predicted octanol–water partition coefficient (Wildman–Crippen LogP) is 4.58. The van der Waals surface area contributed by atoms with Gasteiger partial charge in [-0.1, -0.05) is 12.1 Å². The predicted molar refractivity (Wildman–Crippen MR) is 111 cm³/mol. The molecule has 0 bridgehead atoms. The molecule has 0 aliphatic rings. The molecule has 0 saturated heterocycles. The van der Waals surface area contributed by atoms with E-state index in [1.54, 1.807) is 44.2 Å². The highest BCUT2D eigenvalue weighted by Crippen LogP contribution is 2.30. The summed E-state index contributed by atoms with van der Waals surface area (Å²) in [5.41, 5.74) is 1.55. The number of hydrogen-bond donors (Lipinski definition) is 0. The van der Waals surface area contributed by atoms with Gasteiger partial charge < -0.3 is 13.9 Å². The highest BCUT2D eigenvalue weighted by atomic mass is 79.9. The normalized spacial score (nSPS) is 10.7. The van der Waals surface area contributed by atoms with Crippen molar-refractivity contribution in [1.29, 1.82) is 0 Å². The van der Waals surface area contributed by atoms with Gasteiger partial charge >= 0.3 is 17.6 Å². The van der Waals surface area contributed by atoms with Gasteiger partial charge in [0, 0.05) is 28.4 Å². The van der Waals surface area contributed by atoms with E-state index in [2.05, 4.69) is 15.9 Å². The number of hydrogen-bond acceptors (Lipinski definition) is 6. The fourth-order valence-electron chi connectivity index (χ4n) is 2.93. The van der Waals surface area contributed by atoms with Gasteiger partial charge in [-0.3, -0.25) is 4.79 Å². The zero-order valence-electron chi connectivity index (χ0n) is 16.0. The van der Waals surface area contributed by atoms with Crippen LogP contribution in [0.2, 0.25) is 0 Å². The molecule has 1 heterocycles. The molecule has 150 valence electrons. The molecule has 7 heteroatoms. The quantitative estimate of drug-likeness (QED) is 0.305. The molecule has 0 unspecified atom stereocenters. The molecular formula is C22H19BrO6. The molecule has 3 rings (SSSR count). The molecule has 6 nitrogen and oxygen atoms in total. The summed E-state index contributed by atoms with van der Waals surface area (Å²) in [5, 5.41) is 0.712. The molecule has 0 spiro atoms. The summed E-state index contributed by atoms with van der Waals surface area (Å²) in [4.78, 5) is 36.2. The van der Waals surface area contributed by atoms with Crippen LogP contribution in [0.3, 0.4) is 0 Å². The zero-order valence-corrected chi connectivity index (χ0v) is 17.6. The molecule has 0 fully saturated rings. The number of carbonyl (C=O) groups excluding carboxylic acids is 2. The van der Waals surface area contributed by atoms with Gasteiger partial charge in [0.1, 0.15) is 11.3 Å². The Balaban J connectivity index is 2.01. The highest BCUT2D eigenvalue weighted by Gasteiger charge is 2.17. The number of benzene rings is 2. The first kappa shape index (κ1) is 20.8. The van der Waals surface area contributed by atoms with Crippen molar-refractivity contribution in [3.8, 4) is 5.75 Å². The van der Waals surface area contributed by atoms with Crippen LogP contribution in [-0.4, -0.2) is 18.5 Å². The molecular weight excluding hydrogens is 440 g/mol. The van der Waals surface area contributed by atoms with Crippen LogP contribution >= 0.6 is 15.9 Å². The van der Waals surface area contributed by atoms with Crippen molar-refractivity contribution < 1.29 is 23.5 Å². The molecule has 0 aliphatic heterocycles. The third-order valence-corrected chi connectivity index (χ3v) is 5.02. The Morgan fingerprint density at radius 2 is 1.90 bits per heavy atom. The zero-order chi connectivity index (χ0) is 21.0. The number of rotatable bonds is 6. The standard InChI is InChI=1S/C22H19BrO6/c1-3-27-20(24)9-8-14-11-16-13(2)10-21(25)28-19(16)12-18(14)29-22(26)15-6-4-5-7-17(15)23/h4-7,10-12H,3,8-9H2,1-2H3. The third-order valence-electron chi connectivity index (χ3n) is 4.33. The van der Waals surface area contributed by atoms with E-state index in [1.165, 1.54) is 12.1 Å². The topological polar surface area (TPSA) is 82.8 Å². The van der Waals surface area contributed by atoms with Gasteiger partial charge in [-0.15, -0.1) is 0 Å². The second-order valence-corrected chi connectivity index (χ2v) is 7.23. The maximum absolute atomic E-state index is 12.7. The van der Waals surface area contributed by atoms with Gasteiger partial charge in [0.15, 0.2) is 0 Å². The fourth-order valence-corrected chi connectivity index (χ4v) is 3.38. The van der Waals surface area contributed by atoms with Gasteiger partial charge in [-0.2, -0.15) is 0 Å². The van der Waals surface area contributed by atoms with E-state index >= 15 is 0 Å². The van der Waals surface area contributed by atoms with Gasteiger partial charge in [0.25, 0.3) is 0 Å². The maximum atomic E-state index is 12.7. The van der Waals surface area contributed by atoms with E-state index in [0.29, 0.717) is 39.6 Å². The summed E-state index contributed by atoms with van der Waals surface area (Å²) in [6, 6.07) is 11.6. The number of halogens is 1.